The molecule has 2 aromatic heterocycles. The molecule has 0 aliphatic carbocycles. The van der Waals surface area contributed by atoms with Gasteiger partial charge in [0.05, 0.1) is 12.3 Å². The lowest BCUT2D eigenvalue weighted by molar-refractivity contribution is 0.210. The molecule has 0 fully saturated rings. The third-order valence-electron chi connectivity index (χ3n) is 2.25. The van der Waals surface area contributed by atoms with Crippen LogP contribution < -0.4 is 10.5 Å². The van der Waals surface area contributed by atoms with Crippen molar-refractivity contribution in [1.29, 1.82) is 0 Å². The Morgan fingerprint density at radius 1 is 1.60 bits per heavy atom. The molecule has 5 heteroatoms. The first kappa shape index (κ1) is 9.76. The Morgan fingerprint density at radius 3 is 3.13 bits per heavy atom. The molecule has 15 heavy (non-hydrogen) atoms. The summed E-state index contributed by atoms with van der Waals surface area (Å²) in [4.78, 5) is 8.30. The Hall–Kier alpha value is -1.78. The van der Waals surface area contributed by atoms with Crippen molar-refractivity contribution in [1.82, 2.24) is 14.4 Å². The van der Waals surface area contributed by atoms with Gasteiger partial charge in [0.2, 0.25) is 5.65 Å². The van der Waals surface area contributed by atoms with Crippen LogP contribution in [-0.4, -0.2) is 20.5 Å². The topological polar surface area (TPSA) is 65.4 Å². The third-order valence-corrected chi connectivity index (χ3v) is 2.25. The van der Waals surface area contributed by atoms with Crippen molar-refractivity contribution >= 4 is 11.5 Å². The lowest BCUT2D eigenvalue weighted by Crippen LogP contribution is -2.12. The van der Waals surface area contributed by atoms with E-state index in [1.54, 1.807) is 16.8 Å². The molecule has 2 heterocycles. The second-order valence-electron chi connectivity index (χ2n) is 3.47. The van der Waals surface area contributed by atoms with Crippen LogP contribution >= 0.6 is 0 Å². The van der Waals surface area contributed by atoms with Crippen LogP contribution in [0.25, 0.3) is 5.65 Å². The molecule has 0 aromatic carbocycles. The highest BCUT2D eigenvalue weighted by Gasteiger charge is 2.09. The molecule has 1 unspecified atom stereocenters. The standard InChI is InChI=1S/C10H14N4O/c1-3-7(2)15-10-9-12-4-5-14(9)6-8(11)13-10/h4-7H,3,11H2,1-2H3. The molecule has 0 spiro atoms. The summed E-state index contributed by atoms with van der Waals surface area (Å²) in [5.41, 5.74) is 6.36. The molecule has 0 amide bonds. The van der Waals surface area contributed by atoms with Crippen LogP contribution in [0.1, 0.15) is 20.3 Å². The maximum absolute atomic E-state index is 5.66. The highest BCUT2D eigenvalue weighted by Crippen LogP contribution is 2.18. The van der Waals surface area contributed by atoms with E-state index in [1.807, 2.05) is 13.1 Å². The monoisotopic (exact) mass is 206 g/mol. The lowest BCUT2D eigenvalue weighted by Gasteiger charge is -2.12. The molecule has 2 aromatic rings. The number of hydrogen-bond acceptors (Lipinski definition) is 4. The number of rotatable bonds is 3. The largest absolute Gasteiger partial charge is 0.472 e. The predicted octanol–water partition coefficient (Wildman–Crippen LogP) is 1.49. The molecular weight excluding hydrogens is 192 g/mol. The van der Waals surface area contributed by atoms with Crippen LogP contribution in [0.2, 0.25) is 0 Å². The maximum Gasteiger partial charge on any atom is 0.260 e. The second-order valence-corrected chi connectivity index (χ2v) is 3.47. The van der Waals surface area contributed by atoms with E-state index in [0.717, 1.165) is 6.42 Å². The number of aromatic nitrogens is 3. The molecule has 2 N–H and O–H groups in total. The van der Waals surface area contributed by atoms with E-state index in [9.17, 15) is 0 Å². The minimum Gasteiger partial charge on any atom is -0.472 e. The molecule has 1 atom stereocenters. The van der Waals surface area contributed by atoms with E-state index in [-0.39, 0.29) is 6.10 Å². The predicted molar refractivity (Wildman–Crippen MR) is 57.8 cm³/mol. The van der Waals surface area contributed by atoms with Crippen LogP contribution in [0.5, 0.6) is 5.88 Å². The molecule has 0 bridgehead atoms. The summed E-state index contributed by atoms with van der Waals surface area (Å²) in [7, 11) is 0. The second kappa shape index (κ2) is 3.76. The van der Waals surface area contributed by atoms with Crippen molar-refractivity contribution in [2.75, 3.05) is 5.73 Å². The van der Waals surface area contributed by atoms with Gasteiger partial charge >= 0.3 is 0 Å². The smallest absolute Gasteiger partial charge is 0.260 e. The fraction of sp³-hybridized carbons (Fsp3) is 0.400. The quantitative estimate of drug-likeness (QED) is 0.826. The van der Waals surface area contributed by atoms with Crippen molar-refractivity contribution in [2.24, 2.45) is 0 Å². The van der Waals surface area contributed by atoms with Crippen molar-refractivity contribution in [3.05, 3.63) is 18.6 Å². The molecule has 0 saturated carbocycles. The number of anilines is 1. The Labute approximate surface area is 87.9 Å². The summed E-state index contributed by atoms with van der Waals surface area (Å²) in [6.07, 6.45) is 6.26. The molecule has 0 saturated heterocycles. The van der Waals surface area contributed by atoms with Gasteiger partial charge < -0.3 is 10.5 Å². The molecule has 5 nitrogen and oxygen atoms in total. The van der Waals surface area contributed by atoms with Gasteiger partial charge in [-0.15, -0.1) is 0 Å². The van der Waals surface area contributed by atoms with Crippen molar-refractivity contribution in [3.8, 4) is 5.88 Å². The van der Waals surface area contributed by atoms with E-state index in [4.69, 9.17) is 10.5 Å². The van der Waals surface area contributed by atoms with E-state index >= 15 is 0 Å². The van der Waals surface area contributed by atoms with Gasteiger partial charge in [-0.1, -0.05) is 6.92 Å². The van der Waals surface area contributed by atoms with Gasteiger partial charge in [-0.05, 0) is 13.3 Å². The Bertz CT molecular complexity index is 465. The minimum atomic E-state index is 0.111. The highest BCUT2D eigenvalue weighted by molar-refractivity contribution is 5.52. The van der Waals surface area contributed by atoms with E-state index < -0.39 is 0 Å². The van der Waals surface area contributed by atoms with Gasteiger partial charge in [-0.25, -0.2) is 4.98 Å². The van der Waals surface area contributed by atoms with Gasteiger partial charge in [0.25, 0.3) is 5.88 Å². The van der Waals surface area contributed by atoms with E-state index in [0.29, 0.717) is 17.3 Å². The molecular formula is C10H14N4O. The summed E-state index contributed by atoms with van der Waals surface area (Å²) in [6, 6.07) is 0. The summed E-state index contributed by atoms with van der Waals surface area (Å²) in [5, 5.41) is 0. The van der Waals surface area contributed by atoms with Crippen molar-refractivity contribution < 1.29 is 4.74 Å². The number of nitrogens with two attached hydrogens (primary N) is 1. The minimum absolute atomic E-state index is 0.111. The first-order valence-electron chi connectivity index (χ1n) is 4.96. The summed E-state index contributed by atoms with van der Waals surface area (Å²) >= 11 is 0. The van der Waals surface area contributed by atoms with Gasteiger partial charge in [0.1, 0.15) is 5.82 Å². The Balaban J connectivity index is 2.44. The van der Waals surface area contributed by atoms with Crippen LogP contribution in [0.3, 0.4) is 0 Å². The number of fused-ring (bicyclic) bond motifs is 1. The van der Waals surface area contributed by atoms with Crippen LogP contribution in [0, 0.1) is 0 Å². The van der Waals surface area contributed by atoms with Gasteiger partial charge in [-0.2, -0.15) is 4.98 Å². The highest BCUT2D eigenvalue weighted by atomic mass is 16.5. The molecule has 2 rings (SSSR count). The number of nitrogen functional groups attached to an aromatic ring is 1. The van der Waals surface area contributed by atoms with Crippen molar-refractivity contribution in [2.45, 2.75) is 26.4 Å². The first-order chi connectivity index (χ1) is 7.20. The summed E-state index contributed by atoms with van der Waals surface area (Å²) in [5.74, 6) is 0.924. The fourth-order valence-corrected chi connectivity index (χ4v) is 1.27. The van der Waals surface area contributed by atoms with Crippen LogP contribution in [0.4, 0.5) is 5.82 Å². The fourth-order valence-electron chi connectivity index (χ4n) is 1.27. The van der Waals surface area contributed by atoms with Crippen LogP contribution in [-0.2, 0) is 0 Å². The SMILES string of the molecule is CCC(C)Oc1nc(N)cn2ccnc12. The van der Waals surface area contributed by atoms with Gasteiger partial charge in [0, 0.05) is 12.4 Å². The molecule has 0 radical (unpaired) electrons. The zero-order valence-corrected chi connectivity index (χ0v) is 8.84. The Kier molecular flexibility index (Phi) is 2.45. The number of imidazole rings is 1. The number of ether oxygens (including phenoxy) is 1. The lowest BCUT2D eigenvalue weighted by atomic mass is 10.3. The normalized spacial score (nSPS) is 12.9. The molecule has 0 aliphatic heterocycles. The first-order valence-corrected chi connectivity index (χ1v) is 4.96. The zero-order valence-electron chi connectivity index (χ0n) is 8.84. The number of hydrogen-bond donors (Lipinski definition) is 1. The van der Waals surface area contributed by atoms with E-state index in [1.165, 1.54) is 0 Å². The zero-order chi connectivity index (χ0) is 10.8. The van der Waals surface area contributed by atoms with Crippen molar-refractivity contribution in [3.63, 3.8) is 0 Å². The Morgan fingerprint density at radius 2 is 2.40 bits per heavy atom. The van der Waals surface area contributed by atoms with E-state index in [2.05, 4.69) is 16.9 Å². The van der Waals surface area contributed by atoms with Gasteiger partial charge in [0.15, 0.2) is 0 Å². The van der Waals surface area contributed by atoms with Crippen LogP contribution in [0.15, 0.2) is 18.6 Å². The molecule has 0 aliphatic rings. The average molecular weight is 206 g/mol. The number of nitrogens with zero attached hydrogens (tertiary/aromatic N) is 3. The average Bonchev–Trinajstić information content (AvgIpc) is 2.65. The van der Waals surface area contributed by atoms with Gasteiger partial charge in [-0.3, -0.25) is 4.40 Å². The maximum atomic E-state index is 5.66. The summed E-state index contributed by atoms with van der Waals surface area (Å²) in [6.45, 7) is 4.05. The molecule has 80 valence electrons. The third kappa shape index (κ3) is 1.86. The summed E-state index contributed by atoms with van der Waals surface area (Å²) < 4.78 is 7.45.